The van der Waals surface area contributed by atoms with E-state index in [1.165, 1.54) is 0 Å². The van der Waals surface area contributed by atoms with Gasteiger partial charge in [0.1, 0.15) is 0 Å². The van der Waals surface area contributed by atoms with Gasteiger partial charge in [-0.25, -0.2) is 0 Å². The number of nitrogens with one attached hydrogen (secondary N) is 1. The third-order valence-corrected chi connectivity index (χ3v) is 3.44. The minimum absolute atomic E-state index is 0.193. The number of nitrogens with zero attached hydrogens (tertiary/aromatic N) is 2. The predicted molar refractivity (Wildman–Crippen MR) is 87.2 cm³/mol. The summed E-state index contributed by atoms with van der Waals surface area (Å²) in [6.07, 6.45) is 3.30. The molecule has 0 atom stereocenters. The first kappa shape index (κ1) is 14.4. The molecule has 0 unspecified atom stereocenters. The lowest BCUT2D eigenvalue weighted by molar-refractivity contribution is 0.102. The van der Waals surface area contributed by atoms with E-state index < -0.39 is 0 Å². The molecule has 0 bridgehead atoms. The molecule has 1 amide bonds. The molecule has 0 radical (unpaired) electrons. The van der Waals surface area contributed by atoms with E-state index in [2.05, 4.69) is 10.4 Å². The zero-order valence-electron chi connectivity index (χ0n) is 11.7. The van der Waals surface area contributed by atoms with E-state index in [9.17, 15) is 4.79 Å². The molecular formula is C17H14ClN3O. The van der Waals surface area contributed by atoms with Gasteiger partial charge in [-0.05, 0) is 29.8 Å². The Morgan fingerprint density at radius 2 is 1.82 bits per heavy atom. The van der Waals surface area contributed by atoms with Gasteiger partial charge in [-0.3, -0.25) is 9.48 Å². The largest absolute Gasteiger partial charge is 0.322 e. The standard InChI is InChI=1S/C17H14ClN3O/c18-15-6-8-16(9-7-15)20-17(22)14-10-19-21(12-14)11-13-4-2-1-3-5-13/h1-10,12H,11H2,(H,20,22). The first-order chi connectivity index (χ1) is 10.7. The number of carbonyl (C=O) groups excluding carboxylic acids is 1. The summed E-state index contributed by atoms with van der Waals surface area (Å²) in [5, 5.41) is 7.67. The number of carbonyl (C=O) groups is 1. The summed E-state index contributed by atoms with van der Waals surface area (Å²) in [5.74, 6) is -0.193. The van der Waals surface area contributed by atoms with E-state index in [0.29, 0.717) is 22.8 Å². The Hall–Kier alpha value is -2.59. The van der Waals surface area contributed by atoms with Gasteiger partial charge in [-0.1, -0.05) is 41.9 Å². The highest BCUT2D eigenvalue weighted by molar-refractivity contribution is 6.30. The highest BCUT2D eigenvalue weighted by Crippen LogP contribution is 2.14. The minimum Gasteiger partial charge on any atom is -0.322 e. The van der Waals surface area contributed by atoms with Crippen LogP contribution in [0.4, 0.5) is 5.69 Å². The van der Waals surface area contributed by atoms with Crippen LogP contribution in [-0.2, 0) is 6.54 Å². The average molecular weight is 312 g/mol. The second-order valence-corrected chi connectivity index (χ2v) is 5.31. The number of hydrogen-bond donors (Lipinski definition) is 1. The smallest absolute Gasteiger partial charge is 0.258 e. The molecule has 4 nitrogen and oxygen atoms in total. The topological polar surface area (TPSA) is 46.9 Å². The zero-order valence-corrected chi connectivity index (χ0v) is 12.5. The van der Waals surface area contributed by atoms with E-state index in [1.54, 1.807) is 41.3 Å². The number of benzene rings is 2. The summed E-state index contributed by atoms with van der Waals surface area (Å²) in [7, 11) is 0. The third kappa shape index (κ3) is 3.54. The normalized spacial score (nSPS) is 10.4. The van der Waals surface area contributed by atoms with Crippen molar-refractivity contribution >= 4 is 23.2 Å². The van der Waals surface area contributed by atoms with Crippen LogP contribution in [0, 0.1) is 0 Å². The van der Waals surface area contributed by atoms with E-state index in [-0.39, 0.29) is 5.91 Å². The van der Waals surface area contributed by atoms with Crippen LogP contribution in [0.3, 0.4) is 0 Å². The molecule has 22 heavy (non-hydrogen) atoms. The number of rotatable bonds is 4. The molecule has 2 aromatic carbocycles. The lowest BCUT2D eigenvalue weighted by atomic mass is 10.2. The molecule has 1 heterocycles. The Kier molecular flexibility index (Phi) is 4.21. The molecule has 3 aromatic rings. The lowest BCUT2D eigenvalue weighted by Gasteiger charge is -2.03. The van der Waals surface area contributed by atoms with Crippen LogP contribution in [0.25, 0.3) is 0 Å². The van der Waals surface area contributed by atoms with Crippen LogP contribution < -0.4 is 5.32 Å². The molecule has 110 valence electrons. The van der Waals surface area contributed by atoms with Gasteiger partial charge >= 0.3 is 0 Å². The molecule has 5 heteroatoms. The summed E-state index contributed by atoms with van der Waals surface area (Å²) < 4.78 is 1.74. The molecule has 0 spiro atoms. The lowest BCUT2D eigenvalue weighted by Crippen LogP contribution is -2.11. The Labute approximate surface area is 133 Å². The molecule has 0 fully saturated rings. The average Bonchev–Trinajstić information content (AvgIpc) is 2.99. The Balaban J connectivity index is 1.67. The van der Waals surface area contributed by atoms with Gasteiger partial charge in [0.15, 0.2) is 0 Å². The highest BCUT2D eigenvalue weighted by Gasteiger charge is 2.09. The van der Waals surface area contributed by atoms with Gasteiger partial charge in [-0.15, -0.1) is 0 Å². The van der Waals surface area contributed by atoms with Gasteiger partial charge in [0.2, 0.25) is 0 Å². The second kappa shape index (κ2) is 6.45. The summed E-state index contributed by atoms with van der Waals surface area (Å²) in [6, 6.07) is 17.0. The fourth-order valence-corrected chi connectivity index (χ4v) is 2.20. The van der Waals surface area contributed by atoms with Gasteiger partial charge < -0.3 is 5.32 Å². The summed E-state index contributed by atoms with van der Waals surface area (Å²) in [4.78, 5) is 12.2. The van der Waals surface area contributed by atoms with Crippen molar-refractivity contribution in [3.63, 3.8) is 0 Å². The first-order valence-electron chi connectivity index (χ1n) is 6.84. The maximum absolute atomic E-state index is 12.2. The monoisotopic (exact) mass is 311 g/mol. The van der Waals surface area contributed by atoms with Crippen LogP contribution in [0.15, 0.2) is 67.0 Å². The Bertz CT molecular complexity index is 766. The zero-order chi connectivity index (χ0) is 15.4. The third-order valence-electron chi connectivity index (χ3n) is 3.18. The second-order valence-electron chi connectivity index (χ2n) is 4.87. The van der Waals surface area contributed by atoms with Crippen LogP contribution >= 0.6 is 11.6 Å². The van der Waals surface area contributed by atoms with Crippen molar-refractivity contribution in [2.75, 3.05) is 5.32 Å². The fraction of sp³-hybridized carbons (Fsp3) is 0.0588. The van der Waals surface area contributed by atoms with E-state index in [4.69, 9.17) is 11.6 Å². The van der Waals surface area contributed by atoms with E-state index in [0.717, 1.165) is 5.56 Å². The molecule has 1 N–H and O–H groups in total. The van der Waals surface area contributed by atoms with Crippen molar-refractivity contribution in [3.05, 3.63) is 83.1 Å². The van der Waals surface area contributed by atoms with Crippen LogP contribution in [0.1, 0.15) is 15.9 Å². The van der Waals surface area contributed by atoms with Crippen molar-refractivity contribution in [2.45, 2.75) is 6.54 Å². The van der Waals surface area contributed by atoms with Crippen molar-refractivity contribution in [3.8, 4) is 0 Å². The fourth-order valence-electron chi connectivity index (χ4n) is 2.07. The molecule has 0 aliphatic rings. The summed E-state index contributed by atoms with van der Waals surface area (Å²) in [5.41, 5.74) is 2.35. The maximum Gasteiger partial charge on any atom is 0.258 e. The van der Waals surface area contributed by atoms with Crippen LogP contribution in [0.5, 0.6) is 0 Å². The minimum atomic E-state index is -0.193. The molecule has 0 aliphatic carbocycles. The van der Waals surface area contributed by atoms with Crippen LogP contribution in [0.2, 0.25) is 5.02 Å². The molecular weight excluding hydrogens is 298 g/mol. The van der Waals surface area contributed by atoms with Crippen molar-refractivity contribution < 1.29 is 4.79 Å². The molecule has 0 saturated heterocycles. The number of amides is 1. The molecule has 1 aromatic heterocycles. The number of hydrogen-bond acceptors (Lipinski definition) is 2. The van der Waals surface area contributed by atoms with Gasteiger partial charge in [0.25, 0.3) is 5.91 Å². The summed E-state index contributed by atoms with van der Waals surface area (Å²) >= 11 is 5.82. The number of anilines is 1. The SMILES string of the molecule is O=C(Nc1ccc(Cl)cc1)c1cnn(Cc2ccccc2)c1. The quantitative estimate of drug-likeness (QED) is 0.796. The van der Waals surface area contributed by atoms with E-state index >= 15 is 0 Å². The number of halogens is 1. The van der Waals surface area contributed by atoms with Gasteiger partial charge in [0, 0.05) is 16.9 Å². The molecule has 0 aliphatic heterocycles. The first-order valence-corrected chi connectivity index (χ1v) is 7.22. The van der Waals surface area contributed by atoms with Gasteiger partial charge in [0.05, 0.1) is 18.3 Å². The summed E-state index contributed by atoms with van der Waals surface area (Å²) in [6.45, 7) is 0.634. The predicted octanol–water partition coefficient (Wildman–Crippen LogP) is 3.84. The highest BCUT2D eigenvalue weighted by atomic mass is 35.5. The molecule has 0 saturated carbocycles. The maximum atomic E-state index is 12.2. The van der Waals surface area contributed by atoms with E-state index in [1.807, 2.05) is 30.3 Å². The number of aromatic nitrogens is 2. The Morgan fingerprint density at radius 3 is 2.55 bits per heavy atom. The van der Waals surface area contributed by atoms with Crippen LogP contribution in [-0.4, -0.2) is 15.7 Å². The molecule has 3 rings (SSSR count). The van der Waals surface area contributed by atoms with Gasteiger partial charge in [-0.2, -0.15) is 5.10 Å². The van der Waals surface area contributed by atoms with Crippen molar-refractivity contribution in [1.29, 1.82) is 0 Å². The van der Waals surface area contributed by atoms with Crippen molar-refractivity contribution in [2.24, 2.45) is 0 Å². The Morgan fingerprint density at radius 1 is 1.09 bits per heavy atom. The van der Waals surface area contributed by atoms with Crippen molar-refractivity contribution in [1.82, 2.24) is 9.78 Å².